The first-order valence-electron chi connectivity index (χ1n) is 7.34. The Morgan fingerprint density at radius 1 is 1.39 bits per heavy atom. The van der Waals surface area contributed by atoms with Gasteiger partial charge in [-0.15, -0.1) is 36.2 Å². The second-order valence-corrected chi connectivity index (χ2v) is 6.39. The van der Waals surface area contributed by atoms with E-state index in [-0.39, 0.29) is 30.7 Å². The van der Waals surface area contributed by atoms with E-state index in [1.165, 1.54) is 11.3 Å². The molecule has 0 unspecified atom stereocenters. The first-order valence-corrected chi connectivity index (χ1v) is 8.16. The molecule has 1 amide bonds. The Hall–Kier alpha value is -1.30. The molecule has 1 aromatic carbocycles. The topological polar surface area (TPSA) is 59.2 Å². The minimum Gasteiger partial charge on any atom is -0.398 e. The zero-order chi connectivity index (χ0) is 14.8. The van der Waals surface area contributed by atoms with Gasteiger partial charge in [0, 0.05) is 17.9 Å². The fourth-order valence-corrected chi connectivity index (χ4v) is 3.70. The molecule has 1 aromatic heterocycles. The number of aromatic nitrogens is 1. The van der Waals surface area contributed by atoms with Crippen molar-refractivity contribution in [1.82, 2.24) is 4.98 Å². The zero-order valence-electron chi connectivity index (χ0n) is 12.9. The lowest BCUT2D eigenvalue weighted by molar-refractivity contribution is 0.0989. The predicted molar refractivity (Wildman–Crippen MR) is 101 cm³/mol. The van der Waals surface area contributed by atoms with Crippen LogP contribution in [0.2, 0.25) is 0 Å². The molecule has 0 spiro atoms. The molecule has 7 heteroatoms. The van der Waals surface area contributed by atoms with Gasteiger partial charge in [-0.2, -0.15) is 0 Å². The third-order valence-electron chi connectivity index (χ3n) is 3.76. The van der Waals surface area contributed by atoms with E-state index in [1.807, 2.05) is 23.1 Å². The van der Waals surface area contributed by atoms with Crippen LogP contribution in [0.1, 0.15) is 40.0 Å². The number of nitrogens with zero attached hydrogens (tertiary/aromatic N) is 2. The molecule has 1 aliphatic rings. The summed E-state index contributed by atoms with van der Waals surface area (Å²) in [6, 6.07) is 5.80. The van der Waals surface area contributed by atoms with Crippen LogP contribution in [0.5, 0.6) is 0 Å². The third kappa shape index (κ3) is 3.97. The first kappa shape index (κ1) is 19.7. The average molecular weight is 374 g/mol. The van der Waals surface area contributed by atoms with Gasteiger partial charge in [-0.1, -0.05) is 13.0 Å². The van der Waals surface area contributed by atoms with Gasteiger partial charge >= 0.3 is 0 Å². The van der Waals surface area contributed by atoms with Gasteiger partial charge in [0.2, 0.25) is 0 Å². The summed E-state index contributed by atoms with van der Waals surface area (Å²) in [5.74, 6) is 0.0430. The number of hydrogen-bond donors (Lipinski definition) is 1. The van der Waals surface area contributed by atoms with Crippen LogP contribution in [0, 0.1) is 0 Å². The Kier molecular flexibility index (Phi) is 7.32. The van der Waals surface area contributed by atoms with Gasteiger partial charge in [0.05, 0.1) is 11.2 Å². The number of nitrogen functional groups attached to an aromatic ring is 1. The molecule has 0 atom stereocenters. The van der Waals surface area contributed by atoms with E-state index in [0.717, 1.165) is 54.2 Å². The zero-order valence-corrected chi connectivity index (χ0v) is 15.4. The molecule has 23 heavy (non-hydrogen) atoms. The molecule has 126 valence electrons. The Morgan fingerprint density at radius 3 is 2.91 bits per heavy atom. The number of benzene rings is 1. The highest BCUT2D eigenvalue weighted by Gasteiger charge is 2.25. The lowest BCUT2D eigenvalue weighted by Gasteiger charge is -2.29. The van der Waals surface area contributed by atoms with Gasteiger partial charge < -0.3 is 10.6 Å². The lowest BCUT2D eigenvalue weighted by Crippen LogP contribution is -2.35. The van der Waals surface area contributed by atoms with Gasteiger partial charge in [0.15, 0.2) is 0 Å². The molecule has 4 nitrogen and oxygen atoms in total. The summed E-state index contributed by atoms with van der Waals surface area (Å²) >= 11 is 1.50. The fraction of sp³-hybridized carbons (Fsp3) is 0.375. The molecule has 0 fully saturated rings. The van der Waals surface area contributed by atoms with Crippen LogP contribution in [0.4, 0.5) is 11.4 Å². The van der Waals surface area contributed by atoms with Gasteiger partial charge in [0.25, 0.3) is 5.91 Å². The van der Waals surface area contributed by atoms with Gasteiger partial charge in [0.1, 0.15) is 4.88 Å². The number of thiazole rings is 1. The number of fused-ring (bicyclic) bond motifs is 1. The number of carbonyl (C=O) groups excluding carboxylic acids is 1. The van der Waals surface area contributed by atoms with E-state index < -0.39 is 0 Å². The molecular weight excluding hydrogens is 353 g/mol. The van der Waals surface area contributed by atoms with Gasteiger partial charge in [-0.05, 0) is 43.4 Å². The van der Waals surface area contributed by atoms with Crippen LogP contribution < -0.4 is 10.6 Å². The average Bonchev–Trinajstić information content (AvgIpc) is 2.96. The summed E-state index contributed by atoms with van der Waals surface area (Å²) in [7, 11) is 0. The maximum absolute atomic E-state index is 12.7. The van der Waals surface area contributed by atoms with Crippen molar-refractivity contribution in [2.24, 2.45) is 0 Å². The highest BCUT2D eigenvalue weighted by molar-refractivity contribution is 7.13. The lowest BCUT2D eigenvalue weighted by atomic mass is 10.00. The van der Waals surface area contributed by atoms with Crippen LogP contribution in [-0.2, 0) is 12.8 Å². The van der Waals surface area contributed by atoms with Crippen molar-refractivity contribution in [3.63, 3.8) is 0 Å². The van der Waals surface area contributed by atoms with Crippen molar-refractivity contribution in [2.75, 3.05) is 17.2 Å². The summed E-state index contributed by atoms with van der Waals surface area (Å²) < 4.78 is 0. The monoisotopic (exact) mass is 373 g/mol. The van der Waals surface area contributed by atoms with Crippen molar-refractivity contribution < 1.29 is 4.79 Å². The highest BCUT2D eigenvalue weighted by Crippen LogP contribution is 2.32. The molecule has 0 saturated heterocycles. The normalized spacial score (nSPS) is 12.8. The second-order valence-electron chi connectivity index (χ2n) is 5.27. The minimum absolute atomic E-state index is 0. The summed E-state index contributed by atoms with van der Waals surface area (Å²) in [4.78, 5) is 19.7. The number of halogens is 2. The van der Waals surface area contributed by atoms with Crippen molar-refractivity contribution in [1.29, 1.82) is 0 Å². The Balaban J connectivity index is 0.00000132. The molecule has 3 rings (SSSR count). The van der Waals surface area contributed by atoms with Crippen molar-refractivity contribution >= 4 is 53.4 Å². The molecule has 2 heterocycles. The second kappa shape index (κ2) is 8.52. The Bertz CT molecular complexity index is 675. The number of anilines is 2. The van der Waals surface area contributed by atoms with E-state index in [9.17, 15) is 4.79 Å². The van der Waals surface area contributed by atoms with Crippen molar-refractivity contribution in [2.45, 2.75) is 32.6 Å². The van der Waals surface area contributed by atoms with Crippen molar-refractivity contribution in [3.8, 4) is 0 Å². The fourth-order valence-electron chi connectivity index (χ4n) is 2.73. The Morgan fingerprint density at radius 2 is 2.17 bits per heavy atom. The van der Waals surface area contributed by atoms with Crippen LogP contribution in [0.3, 0.4) is 0 Å². The minimum atomic E-state index is 0. The maximum atomic E-state index is 12.7. The predicted octanol–water partition coefficient (Wildman–Crippen LogP) is 4.11. The van der Waals surface area contributed by atoms with E-state index in [2.05, 4.69) is 11.9 Å². The number of hydrogen-bond acceptors (Lipinski definition) is 4. The largest absolute Gasteiger partial charge is 0.398 e. The number of nitrogens with two attached hydrogens (primary N) is 1. The molecule has 0 aliphatic carbocycles. The third-order valence-corrected chi connectivity index (χ3v) is 4.81. The highest BCUT2D eigenvalue weighted by atomic mass is 35.5. The van der Waals surface area contributed by atoms with Crippen LogP contribution in [0.15, 0.2) is 24.4 Å². The standard InChI is InChI=1S/C16H19N3OS.2ClH/c1-2-5-15-18-10-14(21-15)16(20)19-9-4-6-11-12(17)7-3-8-13(11)19;;/h3,7-8,10H,2,4-6,9,17H2,1H3;2*1H. The molecular formula is C16H21Cl2N3OS. The smallest absolute Gasteiger partial charge is 0.269 e. The number of carbonyl (C=O) groups is 1. The molecule has 0 bridgehead atoms. The van der Waals surface area contributed by atoms with Gasteiger partial charge in [-0.25, -0.2) is 4.98 Å². The SMILES string of the molecule is CCCc1ncc(C(=O)N2CCCc3c(N)cccc32)s1.Cl.Cl. The van der Waals surface area contributed by atoms with Crippen LogP contribution in [0.25, 0.3) is 0 Å². The van der Waals surface area contributed by atoms with E-state index in [0.29, 0.717) is 4.88 Å². The number of aryl methyl sites for hydroxylation is 1. The molecule has 1 aliphatic heterocycles. The summed E-state index contributed by atoms with van der Waals surface area (Å²) in [5, 5.41) is 1.03. The van der Waals surface area contributed by atoms with E-state index in [1.54, 1.807) is 6.20 Å². The quantitative estimate of drug-likeness (QED) is 0.823. The maximum Gasteiger partial charge on any atom is 0.269 e. The number of rotatable bonds is 3. The summed E-state index contributed by atoms with van der Waals surface area (Å²) in [6.45, 7) is 2.86. The Labute approximate surface area is 152 Å². The first-order chi connectivity index (χ1) is 10.2. The van der Waals surface area contributed by atoms with E-state index in [4.69, 9.17) is 5.73 Å². The van der Waals surface area contributed by atoms with E-state index >= 15 is 0 Å². The van der Waals surface area contributed by atoms with Gasteiger partial charge in [-0.3, -0.25) is 4.79 Å². The molecule has 2 N–H and O–H groups in total. The van der Waals surface area contributed by atoms with Crippen molar-refractivity contribution in [3.05, 3.63) is 39.8 Å². The summed E-state index contributed by atoms with van der Waals surface area (Å²) in [6.07, 6.45) is 5.58. The molecule has 0 saturated carbocycles. The summed E-state index contributed by atoms with van der Waals surface area (Å²) in [5.41, 5.74) is 8.87. The van der Waals surface area contributed by atoms with Crippen LogP contribution in [-0.4, -0.2) is 17.4 Å². The number of amides is 1. The molecule has 0 radical (unpaired) electrons. The molecule has 2 aromatic rings. The van der Waals surface area contributed by atoms with Crippen LogP contribution >= 0.6 is 36.2 Å².